The van der Waals surface area contributed by atoms with E-state index in [9.17, 15) is 4.79 Å². The van der Waals surface area contributed by atoms with Crippen LogP contribution in [0.3, 0.4) is 0 Å². The molecule has 0 fully saturated rings. The van der Waals surface area contributed by atoms with Crippen molar-refractivity contribution in [3.63, 3.8) is 0 Å². The molecular weight excluding hydrogens is 563 g/mol. The summed E-state index contributed by atoms with van der Waals surface area (Å²) in [5.74, 6) is 0.832. The summed E-state index contributed by atoms with van der Waals surface area (Å²) in [6, 6.07) is 18.6. The van der Waals surface area contributed by atoms with Gasteiger partial charge in [0.1, 0.15) is 5.75 Å². The van der Waals surface area contributed by atoms with Crippen molar-refractivity contribution in [1.82, 2.24) is 4.57 Å². The third-order valence-corrected chi connectivity index (χ3v) is 8.91. The van der Waals surface area contributed by atoms with E-state index < -0.39 is 0 Å². The first-order valence-electron chi connectivity index (χ1n) is 10.6. The van der Waals surface area contributed by atoms with Crippen LogP contribution in [0.15, 0.2) is 75.3 Å². The van der Waals surface area contributed by atoms with Gasteiger partial charge in [0, 0.05) is 10.4 Å². The average Bonchev–Trinajstić information content (AvgIpc) is 3.46. The first-order chi connectivity index (χ1) is 16.1. The SMILES string of the molecule is COc1ccc(C=c2sc3n(c2=O)C(c2cccs2)C2=C(N=3)c3ccccc3CC2)cc1I. The lowest BCUT2D eigenvalue weighted by molar-refractivity contribution is 0.412. The summed E-state index contributed by atoms with van der Waals surface area (Å²) in [6.45, 7) is 0. The second-order valence-corrected chi connectivity index (χ2v) is 11.2. The number of aryl methyl sites for hydroxylation is 1. The molecule has 0 saturated heterocycles. The first-order valence-corrected chi connectivity index (χ1v) is 13.4. The Morgan fingerprint density at radius 2 is 2.03 bits per heavy atom. The normalized spacial score (nSPS) is 17.3. The van der Waals surface area contributed by atoms with Crippen LogP contribution in [0.5, 0.6) is 5.75 Å². The van der Waals surface area contributed by atoms with Gasteiger partial charge in [-0.15, -0.1) is 11.3 Å². The van der Waals surface area contributed by atoms with Crippen molar-refractivity contribution >= 4 is 57.0 Å². The topological polar surface area (TPSA) is 43.6 Å². The molecule has 164 valence electrons. The molecule has 2 aromatic carbocycles. The molecule has 6 rings (SSSR count). The number of fused-ring (bicyclic) bond motifs is 3. The predicted octanol–water partition coefficient (Wildman–Crippen LogP) is 4.99. The fourth-order valence-electron chi connectivity index (χ4n) is 4.64. The molecule has 1 aliphatic heterocycles. The molecule has 0 radical (unpaired) electrons. The molecule has 0 spiro atoms. The van der Waals surface area contributed by atoms with Crippen molar-refractivity contribution in [3.05, 3.63) is 110 Å². The highest BCUT2D eigenvalue weighted by atomic mass is 127. The molecule has 2 aromatic heterocycles. The number of hydrogen-bond acceptors (Lipinski definition) is 5. The first kappa shape index (κ1) is 21.1. The largest absolute Gasteiger partial charge is 0.496 e. The second-order valence-electron chi connectivity index (χ2n) is 8.02. The zero-order chi connectivity index (χ0) is 22.5. The highest BCUT2D eigenvalue weighted by molar-refractivity contribution is 14.1. The molecule has 1 unspecified atom stereocenters. The summed E-state index contributed by atoms with van der Waals surface area (Å²) >= 11 is 5.43. The van der Waals surface area contributed by atoms with Crippen molar-refractivity contribution in [3.8, 4) is 5.75 Å². The Bertz CT molecular complexity index is 1600. The van der Waals surface area contributed by atoms with Gasteiger partial charge in [0.25, 0.3) is 5.56 Å². The summed E-state index contributed by atoms with van der Waals surface area (Å²) in [6.07, 6.45) is 3.85. The molecule has 3 heterocycles. The molecular formula is C26H19IN2O2S2. The van der Waals surface area contributed by atoms with Crippen LogP contribution in [0.2, 0.25) is 0 Å². The number of thiazole rings is 1. The Kier molecular flexibility index (Phi) is 5.35. The molecule has 2 aliphatic rings. The molecule has 7 heteroatoms. The summed E-state index contributed by atoms with van der Waals surface area (Å²) < 4.78 is 8.99. The van der Waals surface area contributed by atoms with E-state index in [2.05, 4.69) is 64.4 Å². The number of methoxy groups -OCH3 is 1. The number of thiophene rings is 1. The molecule has 0 saturated carbocycles. The zero-order valence-electron chi connectivity index (χ0n) is 17.7. The molecule has 1 aliphatic carbocycles. The number of ether oxygens (including phenoxy) is 1. The zero-order valence-corrected chi connectivity index (χ0v) is 21.5. The number of hydrogen-bond donors (Lipinski definition) is 0. The number of nitrogens with zero attached hydrogens (tertiary/aromatic N) is 2. The van der Waals surface area contributed by atoms with Gasteiger partial charge in [-0.05, 0) is 81.8 Å². The van der Waals surface area contributed by atoms with Crippen LogP contribution in [0, 0.1) is 3.57 Å². The van der Waals surface area contributed by atoms with Gasteiger partial charge in [-0.25, -0.2) is 4.99 Å². The van der Waals surface area contributed by atoms with Gasteiger partial charge < -0.3 is 4.74 Å². The molecule has 0 bridgehead atoms. The van der Waals surface area contributed by atoms with E-state index in [0.29, 0.717) is 4.53 Å². The van der Waals surface area contributed by atoms with Crippen LogP contribution < -0.4 is 19.6 Å². The molecule has 4 nitrogen and oxygen atoms in total. The van der Waals surface area contributed by atoms with E-state index in [4.69, 9.17) is 9.73 Å². The summed E-state index contributed by atoms with van der Waals surface area (Å²) in [5, 5.41) is 2.08. The van der Waals surface area contributed by atoms with Crippen molar-refractivity contribution in [2.24, 2.45) is 4.99 Å². The van der Waals surface area contributed by atoms with Crippen molar-refractivity contribution < 1.29 is 4.74 Å². The lowest BCUT2D eigenvalue weighted by Gasteiger charge is -2.30. The van der Waals surface area contributed by atoms with E-state index in [1.807, 2.05) is 28.8 Å². The maximum Gasteiger partial charge on any atom is 0.271 e. The number of benzene rings is 2. The van der Waals surface area contributed by atoms with Gasteiger partial charge in [0.2, 0.25) is 0 Å². The van der Waals surface area contributed by atoms with Gasteiger partial charge in [-0.1, -0.05) is 47.7 Å². The minimum Gasteiger partial charge on any atom is -0.496 e. The van der Waals surface area contributed by atoms with Gasteiger partial charge in [-0.2, -0.15) is 0 Å². The van der Waals surface area contributed by atoms with Crippen LogP contribution in [0.4, 0.5) is 0 Å². The maximum absolute atomic E-state index is 13.7. The molecule has 0 N–H and O–H groups in total. The van der Waals surface area contributed by atoms with Crippen LogP contribution >= 0.6 is 45.3 Å². The minimum atomic E-state index is -0.0947. The summed E-state index contributed by atoms with van der Waals surface area (Å²) in [5.41, 5.74) is 5.82. The molecule has 0 amide bonds. The second kappa shape index (κ2) is 8.38. The number of halogens is 1. The fraction of sp³-hybridized carbons (Fsp3) is 0.154. The maximum atomic E-state index is 13.7. The van der Waals surface area contributed by atoms with Crippen LogP contribution in [-0.2, 0) is 6.42 Å². The molecule has 4 aromatic rings. The summed E-state index contributed by atoms with van der Waals surface area (Å²) in [4.78, 5) is 20.7. The number of allylic oxidation sites excluding steroid dienone is 1. The Morgan fingerprint density at radius 3 is 2.82 bits per heavy atom. The monoisotopic (exact) mass is 582 g/mol. The van der Waals surface area contributed by atoms with E-state index >= 15 is 0 Å². The highest BCUT2D eigenvalue weighted by Gasteiger charge is 2.32. The number of rotatable bonds is 3. The van der Waals surface area contributed by atoms with Crippen LogP contribution in [0.25, 0.3) is 11.8 Å². The van der Waals surface area contributed by atoms with Crippen LogP contribution in [-0.4, -0.2) is 11.7 Å². The molecule has 1 atom stereocenters. The van der Waals surface area contributed by atoms with E-state index in [1.54, 1.807) is 18.4 Å². The minimum absolute atomic E-state index is 0.0217. The summed E-state index contributed by atoms with van der Waals surface area (Å²) in [7, 11) is 1.67. The lowest BCUT2D eigenvalue weighted by Crippen LogP contribution is -2.38. The lowest BCUT2D eigenvalue weighted by atomic mass is 9.85. The molecule has 33 heavy (non-hydrogen) atoms. The van der Waals surface area contributed by atoms with Gasteiger partial charge in [-0.3, -0.25) is 9.36 Å². The van der Waals surface area contributed by atoms with E-state index in [1.165, 1.54) is 32.9 Å². The highest BCUT2D eigenvalue weighted by Crippen LogP contribution is 2.42. The average molecular weight is 582 g/mol. The fourth-order valence-corrected chi connectivity index (χ4v) is 7.25. The van der Waals surface area contributed by atoms with Crippen LogP contribution in [0.1, 0.15) is 34.0 Å². The van der Waals surface area contributed by atoms with Gasteiger partial charge >= 0.3 is 0 Å². The number of aromatic nitrogens is 1. The van der Waals surface area contributed by atoms with Crippen molar-refractivity contribution in [2.75, 3.05) is 7.11 Å². The quantitative estimate of drug-likeness (QED) is 0.320. The van der Waals surface area contributed by atoms with E-state index in [0.717, 1.165) is 38.2 Å². The Balaban J connectivity index is 1.59. The third-order valence-electron chi connectivity index (χ3n) is 6.16. The van der Waals surface area contributed by atoms with Crippen molar-refractivity contribution in [1.29, 1.82) is 0 Å². The Hall–Kier alpha value is -2.49. The standard InChI is InChI=1S/C26H19IN2O2S2/c1-31-20-11-8-15(13-19(20)27)14-22-25(30)29-24(21-7-4-12-32-21)18-10-9-16-5-2-3-6-17(16)23(18)28-26(29)33-22/h2-8,11-14,24H,9-10H2,1H3. The van der Waals surface area contributed by atoms with E-state index in [-0.39, 0.29) is 11.6 Å². The Labute approximate surface area is 212 Å². The van der Waals surface area contributed by atoms with Gasteiger partial charge in [0.05, 0.1) is 27.0 Å². The smallest absolute Gasteiger partial charge is 0.271 e. The predicted molar refractivity (Wildman–Crippen MR) is 143 cm³/mol. The Morgan fingerprint density at radius 1 is 1.15 bits per heavy atom. The van der Waals surface area contributed by atoms with Crippen molar-refractivity contribution in [2.45, 2.75) is 18.9 Å². The third kappa shape index (κ3) is 3.53. The van der Waals surface area contributed by atoms with Gasteiger partial charge in [0.15, 0.2) is 4.80 Å².